The number of hydrogen-bond acceptors (Lipinski definition) is 4. The summed E-state index contributed by atoms with van der Waals surface area (Å²) in [6.45, 7) is 2.59. The zero-order valence-electron chi connectivity index (χ0n) is 15.3. The number of rotatable bonds is 3. The number of amides is 1. The van der Waals surface area contributed by atoms with E-state index in [1.165, 1.54) is 0 Å². The SMILES string of the molecule is C[C@@H]1CN(c2ccnn3cc(-c4cnn(C)c4)cc23)C(=O)[C@]1(C#N)C1CC1. The van der Waals surface area contributed by atoms with E-state index in [-0.39, 0.29) is 17.7 Å². The van der Waals surface area contributed by atoms with Gasteiger partial charge in [-0.15, -0.1) is 0 Å². The van der Waals surface area contributed by atoms with E-state index in [0.717, 1.165) is 35.2 Å². The van der Waals surface area contributed by atoms with Crippen molar-refractivity contribution < 1.29 is 4.79 Å². The number of nitriles is 1. The molecule has 5 rings (SSSR count). The fourth-order valence-electron chi connectivity index (χ4n) is 4.46. The summed E-state index contributed by atoms with van der Waals surface area (Å²) < 4.78 is 3.55. The first kappa shape index (κ1) is 16.1. The maximum absolute atomic E-state index is 13.3. The lowest BCUT2D eigenvalue weighted by Gasteiger charge is -2.23. The summed E-state index contributed by atoms with van der Waals surface area (Å²) in [5.74, 6) is 0.159. The number of nitrogens with zero attached hydrogens (tertiary/aromatic N) is 6. The molecule has 1 saturated heterocycles. The zero-order chi connectivity index (χ0) is 18.8. The van der Waals surface area contributed by atoms with Gasteiger partial charge >= 0.3 is 0 Å². The summed E-state index contributed by atoms with van der Waals surface area (Å²) in [5.41, 5.74) is 2.80. The van der Waals surface area contributed by atoms with Crippen LogP contribution in [0.3, 0.4) is 0 Å². The molecule has 1 aliphatic heterocycles. The molecule has 2 fully saturated rings. The van der Waals surface area contributed by atoms with Crippen molar-refractivity contribution in [3.05, 3.63) is 36.9 Å². The van der Waals surface area contributed by atoms with Crippen molar-refractivity contribution in [1.29, 1.82) is 5.26 Å². The molecule has 0 bridgehead atoms. The Morgan fingerprint density at radius 3 is 2.74 bits per heavy atom. The second-order valence-corrected chi connectivity index (χ2v) is 7.75. The Labute approximate surface area is 156 Å². The van der Waals surface area contributed by atoms with Crippen LogP contribution >= 0.6 is 0 Å². The van der Waals surface area contributed by atoms with E-state index < -0.39 is 5.41 Å². The van der Waals surface area contributed by atoms with Crippen LogP contribution in [0.1, 0.15) is 19.8 Å². The molecule has 0 radical (unpaired) electrons. The average Bonchev–Trinajstić information content (AvgIpc) is 3.16. The van der Waals surface area contributed by atoms with Gasteiger partial charge in [0.2, 0.25) is 5.91 Å². The number of hydrogen-bond donors (Lipinski definition) is 0. The molecule has 1 saturated carbocycles. The van der Waals surface area contributed by atoms with Gasteiger partial charge in [0.15, 0.2) is 0 Å². The molecule has 4 heterocycles. The maximum atomic E-state index is 13.3. The highest BCUT2D eigenvalue weighted by Gasteiger charge is 2.61. The van der Waals surface area contributed by atoms with E-state index in [1.807, 2.05) is 44.7 Å². The van der Waals surface area contributed by atoms with Gasteiger partial charge in [0.05, 0.1) is 23.5 Å². The molecule has 3 aromatic rings. The van der Waals surface area contributed by atoms with Gasteiger partial charge in [0.25, 0.3) is 0 Å². The smallest absolute Gasteiger partial charge is 0.248 e. The third kappa shape index (κ3) is 2.16. The number of fused-ring (bicyclic) bond motifs is 1. The van der Waals surface area contributed by atoms with E-state index in [0.29, 0.717) is 6.54 Å². The second-order valence-electron chi connectivity index (χ2n) is 7.75. The Kier molecular flexibility index (Phi) is 3.23. The van der Waals surface area contributed by atoms with Gasteiger partial charge in [0.1, 0.15) is 5.41 Å². The zero-order valence-corrected chi connectivity index (χ0v) is 15.3. The molecule has 7 heteroatoms. The van der Waals surface area contributed by atoms with Gasteiger partial charge in [-0.05, 0) is 30.9 Å². The summed E-state index contributed by atoms with van der Waals surface area (Å²) in [7, 11) is 1.88. The van der Waals surface area contributed by atoms with E-state index >= 15 is 0 Å². The van der Waals surface area contributed by atoms with Crippen LogP contribution in [0.5, 0.6) is 0 Å². The first-order valence-electron chi connectivity index (χ1n) is 9.24. The van der Waals surface area contributed by atoms with Crippen molar-refractivity contribution in [1.82, 2.24) is 19.4 Å². The quantitative estimate of drug-likeness (QED) is 0.719. The van der Waals surface area contributed by atoms with Gasteiger partial charge < -0.3 is 4.90 Å². The van der Waals surface area contributed by atoms with Crippen LogP contribution in [0, 0.1) is 28.6 Å². The van der Waals surface area contributed by atoms with Crippen molar-refractivity contribution in [2.45, 2.75) is 19.8 Å². The minimum atomic E-state index is -0.876. The van der Waals surface area contributed by atoms with Crippen LogP contribution < -0.4 is 4.90 Å². The van der Waals surface area contributed by atoms with Gasteiger partial charge in [-0.25, -0.2) is 4.52 Å². The van der Waals surface area contributed by atoms with Crippen molar-refractivity contribution >= 4 is 17.1 Å². The molecule has 0 aromatic carbocycles. The number of aryl methyl sites for hydroxylation is 1. The van der Waals surface area contributed by atoms with Crippen molar-refractivity contribution in [3.8, 4) is 17.2 Å². The van der Waals surface area contributed by atoms with E-state index in [9.17, 15) is 10.1 Å². The Morgan fingerprint density at radius 1 is 1.26 bits per heavy atom. The van der Waals surface area contributed by atoms with Crippen LogP contribution in [0.4, 0.5) is 5.69 Å². The molecule has 136 valence electrons. The van der Waals surface area contributed by atoms with Gasteiger partial charge in [-0.3, -0.25) is 9.48 Å². The summed E-state index contributed by atoms with van der Waals surface area (Å²) in [4.78, 5) is 15.1. The van der Waals surface area contributed by atoms with Gasteiger partial charge in [0, 0.05) is 49.2 Å². The minimum Gasteiger partial charge on any atom is -0.309 e. The van der Waals surface area contributed by atoms with Gasteiger partial charge in [-0.2, -0.15) is 15.5 Å². The molecular formula is C20H20N6O. The van der Waals surface area contributed by atoms with Crippen LogP contribution in [-0.2, 0) is 11.8 Å². The normalized spacial score (nSPS) is 25.3. The van der Waals surface area contributed by atoms with E-state index in [1.54, 1.807) is 20.3 Å². The van der Waals surface area contributed by atoms with Gasteiger partial charge in [-0.1, -0.05) is 6.92 Å². The van der Waals surface area contributed by atoms with Crippen LogP contribution in [0.2, 0.25) is 0 Å². The molecule has 3 aromatic heterocycles. The van der Waals surface area contributed by atoms with Crippen LogP contribution in [0.15, 0.2) is 36.9 Å². The highest BCUT2D eigenvalue weighted by atomic mass is 16.2. The summed E-state index contributed by atoms with van der Waals surface area (Å²) in [6, 6.07) is 6.29. The lowest BCUT2D eigenvalue weighted by Crippen LogP contribution is -2.37. The number of carbonyl (C=O) groups is 1. The Hall–Kier alpha value is -3.14. The molecule has 0 spiro atoms. The molecule has 1 amide bonds. The number of aromatic nitrogens is 4. The van der Waals surface area contributed by atoms with Crippen LogP contribution in [0.25, 0.3) is 16.6 Å². The molecule has 2 atom stereocenters. The Balaban J connectivity index is 1.60. The number of carbonyl (C=O) groups excluding carboxylic acids is 1. The third-order valence-corrected chi connectivity index (χ3v) is 6.05. The number of anilines is 1. The highest BCUT2D eigenvalue weighted by molar-refractivity contribution is 6.05. The fourth-order valence-corrected chi connectivity index (χ4v) is 4.46. The van der Waals surface area contributed by atoms with Crippen molar-refractivity contribution in [3.63, 3.8) is 0 Å². The molecule has 0 unspecified atom stereocenters. The molecular weight excluding hydrogens is 340 g/mol. The highest BCUT2D eigenvalue weighted by Crippen LogP contribution is 2.54. The monoisotopic (exact) mass is 360 g/mol. The summed E-state index contributed by atoms with van der Waals surface area (Å²) >= 11 is 0. The molecule has 7 nitrogen and oxygen atoms in total. The van der Waals surface area contributed by atoms with Crippen molar-refractivity contribution in [2.24, 2.45) is 24.3 Å². The second kappa shape index (κ2) is 5.43. The van der Waals surface area contributed by atoms with Crippen LogP contribution in [-0.4, -0.2) is 31.8 Å². The largest absolute Gasteiger partial charge is 0.309 e. The van der Waals surface area contributed by atoms with E-state index in [2.05, 4.69) is 16.3 Å². The third-order valence-electron chi connectivity index (χ3n) is 6.05. The molecule has 27 heavy (non-hydrogen) atoms. The summed E-state index contributed by atoms with van der Waals surface area (Å²) in [6.07, 6.45) is 9.35. The molecule has 2 aliphatic rings. The first-order chi connectivity index (χ1) is 13.0. The first-order valence-corrected chi connectivity index (χ1v) is 9.24. The van der Waals surface area contributed by atoms with Crippen molar-refractivity contribution in [2.75, 3.05) is 11.4 Å². The minimum absolute atomic E-state index is 0.0171. The lowest BCUT2D eigenvalue weighted by molar-refractivity contribution is -0.124. The average molecular weight is 360 g/mol. The Morgan fingerprint density at radius 2 is 2.07 bits per heavy atom. The topological polar surface area (TPSA) is 79.2 Å². The Bertz CT molecular complexity index is 1100. The molecule has 0 N–H and O–H groups in total. The molecule has 1 aliphatic carbocycles. The predicted molar refractivity (Wildman–Crippen MR) is 99.7 cm³/mol. The fraction of sp³-hybridized carbons (Fsp3) is 0.400. The summed E-state index contributed by atoms with van der Waals surface area (Å²) in [5, 5.41) is 18.5. The maximum Gasteiger partial charge on any atom is 0.248 e. The predicted octanol–water partition coefficient (Wildman–Crippen LogP) is 2.64. The standard InChI is InChI=1S/C20H20N6O/c1-13-9-25(19(27)20(13,12-21)16-3-4-16)17-5-6-22-26-11-14(7-18(17)26)15-8-23-24(2)10-15/h5-8,10-11,13,16H,3-4,9H2,1-2H3/t13-,20+/m1/s1. The lowest BCUT2D eigenvalue weighted by atomic mass is 9.75. The van der Waals surface area contributed by atoms with E-state index in [4.69, 9.17) is 0 Å².